The van der Waals surface area contributed by atoms with Gasteiger partial charge in [0.1, 0.15) is 5.82 Å². The maximum Gasteiger partial charge on any atom is 0.123 e. The highest BCUT2D eigenvalue weighted by molar-refractivity contribution is 6.30. The molecule has 0 saturated carbocycles. The molecule has 2 rings (SSSR count). The summed E-state index contributed by atoms with van der Waals surface area (Å²) >= 11 is 5.92. The average molecular weight is 250 g/mol. The van der Waals surface area contributed by atoms with Gasteiger partial charge in [-0.25, -0.2) is 4.39 Å². The number of nitrogens with one attached hydrogen (secondary N) is 1. The molecule has 0 heterocycles. The van der Waals surface area contributed by atoms with E-state index in [1.807, 2.05) is 31.2 Å². The van der Waals surface area contributed by atoms with E-state index in [2.05, 4.69) is 5.32 Å². The molecule has 0 aliphatic rings. The van der Waals surface area contributed by atoms with Crippen molar-refractivity contribution in [1.29, 1.82) is 0 Å². The minimum atomic E-state index is -0.216. The molecule has 0 saturated heterocycles. The first-order valence-electron chi connectivity index (χ1n) is 5.39. The van der Waals surface area contributed by atoms with Crippen LogP contribution in [0.25, 0.3) is 0 Å². The van der Waals surface area contributed by atoms with Gasteiger partial charge in [0.2, 0.25) is 0 Å². The van der Waals surface area contributed by atoms with Crippen LogP contribution in [0.1, 0.15) is 11.1 Å². The Hall–Kier alpha value is -1.54. The van der Waals surface area contributed by atoms with Crippen molar-refractivity contribution < 1.29 is 4.39 Å². The zero-order valence-corrected chi connectivity index (χ0v) is 10.3. The van der Waals surface area contributed by atoms with Crippen LogP contribution in [-0.2, 0) is 6.54 Å². The van der Waals surface area contributed by atoms with Gasteiger partial charge in [-0.1, -0.05) is 29.8 Å². The topological polar surface area (TPSA) is 12.0 Å². The third kappa shape index (κ3) is 3.21. The molecule has 0 bridgehead atoms. The molecule has 1 N–H and O–H groups in total. The Labute approximate surface area is 105 Å². The third-order valence-corrected chi connectivity index (χ3v) is 2.81. The lowest BCUT2D eigenvalue weighted by molar-refractivity contribution is 0.626. The maximum atomic E-state index is 13.0. The molecule has 1 nitrogen and oxygen atoms in total. The second-order valence-corrected chi connectivity index (χ2v) is 4.38. The predicted molar refractivity (Wildman–Crippen MR) is 69.9 cm³/mol. The van der Waals surface area contributed by atoms with E-state index >= 15 is 0 Å². The second-order valence-electron chi connectivity index (χ2n) is 3.94. The summed E-state index contributed by atoms with van der Waals surface area (Å²) in [5, 5.41) is 3.94. The number of anilines is 1. The van der Waals surface area contributed by atoms with Crippen molar-refractivity contribution in [3.8, 4) is 0 Å². The summed E-state index contributed by atoms with van der Waals surface area (Å²) in [5.74, 6) is -0.216. The Bertz CT molecular complexity index is 525. The first kappa shape index (κ1) is 11.9. The lowest BCUT2D eigenvalue weighted by atomic mass is 10.1. The molecule has 17 heavy (non-hydrogen) atoms. The molecule has 88 valence electrons. The highest BCUT2D eigenvalue weighted by atomic mass is 35.5. The summed E-state index contributed by atoms with van der Waals surface area (Å²) in [6, 6.07) is 12.2. The molecule has 0 amide bonds. The monoisotopic (exact) mass is 249 g/mol. The van der Waals surface area contributed by atoms with Gasteiger partial charge >= 0.3 is 0 Å². The number of hydrogen-bond acceptors (Lipinski definition) is 1. The van der Waals surface area contributed by atoms with E-state index in [9.17, 15) is 4.39 Å². The molecule has 0 aliphatic heterocycles. The standard InChI is InChI=1S/C14H13ClFN/c1-10-5-6-12(15)8-14(10)17-9-11-3-2-4-13(16)7-11/h2-8,17H,9H2,1H3. The van der Waals surface area contributed by atoms with Gasteiger partial charge in [0.15, 0.2) is 0 Å². The van der Waals surface area contributed by atoms with Gasteiger partial charge in [-0.15, -0.1) is 0 Å². The molecular weight excluding hydrogens is 237 g/mol. The van der Waals surface area contributed by atoms with E-state index in [1.165, 1.54) is 12.1 Å². The molecule has 0 aromatic heterocycles. The zero-order valence-electron chi connectivity index (χ0n) is 9.50. The summed E-state index contributed by atoms with van der Waals surface area (Å²) in [5.41, 5.74) is 3.00. The Balaban J connectivity index is 2.09. The number of benzene rings is 2. The average Bonchev–Trinajstić information content (AvgIpc) is 2.30. The molecule has 0 radical (unpaired) electrons. The van der Waals surface area contributed by atoms with Crippen LogP contribution >= 0.6 is 11.6 Å². The molecule has 0 aliphatic carbocycles. The minimum absolute atomic E-state index is 0.216. The number of halogens is 2. The number of aryl methyl sites for hydroxylation is 1. The molecule has 0 fully saturated rings. The van der Waals surface area contributed by atoms with Crippen molar-refractivity contribution >= 4 is 17.3 Å². The first-order chi connectivity index (χ1) is 8.15. The van der Waals surface area contributed by atoms with Crippen LogP contribution in [0.4, 0.5) is 10.1 Å². The SMILES string of the molecule is Cc1ccc(Cl)cc1NCc1cccc(F)c1. The van der Waals surface area contributed by atoms with Crippen molar-refractivity contribution in [2.24, 2.45) is 0 Å². The van der Waals surface area contributed by atoms with Crippen LogP contribution < -0.4 is 5.32 Å². The normalized spacial score (nSPS) is 10.3. The fraction of sp³-hybridized carbons (Fsp3) is 0.143. The smallest absolute Gasteiger partial charge is 0.123 e. The van der Waals surface area contributed by atoms with Gasteiger partial charge in [-0.2, -0.15) is 0 Å². The Morgan fingerprint density at radius 1 is 1.18 bits per heavy atom. The minimum Gasteiger partial charge on any atom is -0.381 e. The Morgan fingerprint density at radius 3 is 2.76 bits per heavy atom. The first-order valence-corrected chi connectivity index (χ1v) is 5.77. The van der Waals surface area contributed by atoms with Gasteiger partial charge in [-0.3, -0.25) is 0 Å². The molecule has 3 heteroatoms. The van der Waals surface area contributed by atoms with E-state index < -0.39 is 0 Å². The van der Waals surface area contributed by atoms with Gasteiger partial charge in [0, 0.05) is 17.3 Å². The van der Waals surface area contributed by atoms with Gasteiger partial charge in [0.05, 0.1) is 0 Å². The number of rotatable bonds is 3. The molecule has 0 atom stereocenters. The quantitative estimate of drug-likeness (QED) is 0.850. The molecule has 2 aromatic carbocycles. The molecular formula is C14H13ClFN. The van der Waals surface area contributed by atoms with E-state index in [-0.39, 0.29) is 5.82 Å². The van der Waals surface area contributed by atoms with Crippen LogP contribution in [0.5, 0.6) is 0 Å². The summed E-state index contributed by atoms with van der Waals surface area (Å²) in [6.07, 6.45) is 0. The van der Waals surface area contributed by atoms with Crippen LogP contribution in [0.3, 0.4) is 0 Å². The third-order valence-electron chi connectivity index (χ3n) is 2.57. The van der Waals surface area contributed by atoms with E-state index in [1.54, 1.807) is 6.07 Å². The van der Waals surface area contributed by atoms with E-state index in [4.69, 9.17) is 11.6 Å². The van der Waals surface area contributed by atoms with Crippen LogP contribution in [0, 0.1) is 12.7 Å². The van der Waals surface area contributed by atoms with Crippen molar-refractivity contribution in [3.63, 3.8) is 0 Å². The van der Waals surface area contributed by atoms with E-state index in [0.717, 1.165) is 16.8 Å². The largest absolute Gasteiger partial charge is 0.381 e. The van der Waals surface area contributed by atoms with Crippen LogP contribution in [0.2, 0.25) is 5.02 Å². The van der Waals surface area contributed by atoms with Crippen molar-refractivity contribution in [3.05, 3.63) is 64.4 Å². The summed E-state index contributed by atoms with van der Waals surface area (Å²) in [7, 11) is 0. The van der Waals surface area contributed by atoms with Gasteiger partial charge in [-0.05, 0) is 42.3 Å². The Kier molecular flexibility index (Phi) is 3.64. The zero-order chi connectivity index (χ0) is 12.3. The molecule has 0 unspecified atom stereocenters. The molecule has 2 aromatic rings. The van der Waals surface area contributed by atoms with Gasteiger partial charge < -0.3 is 5.32 Å². The fourth-order valence-electron chi connectivity index (χ4n) is 1.63. The van der Waals surface area contributed by atoms with E-state index in [0.29, 0.717) is 11.6 Å². The van der Waals surface area contributed by atoms with Crippen LogP contribution in [-0.4, -0.2) is 0 Å². The summed E-state index contributed by atoms with van der Waals surface area (Å²) in [4.78, 5) is 0. The summed E-state index contributed by atoms with van der Waals surface area (Å²) in [6.45, 7) is 2.59. The van der Waals surface area contributed by atoms with Crippen molar-refractivity contribution in [2.75, 3.05) is 5.32 Å². The van der Waals surface area contributed by atoms with Crippen LogP contribution in [0.15, 0.2) is 42.5 Å². The maximum absolute atomic E-state index is 13.0. The summed E-state index contributed by atoms with van der Waals surface area (Å²) < 4.78 is 13.0. The fourth-order valence-corrected chi connectivity index (χ4v) is 1.80. The van der Waals surface area contributed by atoms with Crippen molar-refractivity contribution in [2.45, 2.75) is 13.5 Å². The highest BCUT2D eigenvalue weighted by Crippen LogP contribution is 2.20. The second kappa shape index (κ2) is 5.19. The lowest BCUT2D eigenvalue weighted by Crippen LogP contribution is -2.01. The highest BCUT2D eigenvalue weighted by Gasteiger charge is 2.00. The molecule has 0 spiro atoms. The number of hydrogen-bond donors (Lipinski definition) is 1. The van der Waals surface area contributed by atoms with Gasteiger partial charge in [0.25, 0.3) is 0 Å². The Morgan fingerprint density at radius 2 is 2.00 bits per heavy atom. The predicted octanol–water partition coefficient (Wildman–Crippen LogP) is 4.40. The lowest BCUT2D eigenvalue weighted by Gasteiger charge is -2.10. The van der Waals surface area contributed by atoms with Crippen molar-refractivity contribution in [1.82, 2.24) is 0 Å².